The summed E-state index contributed by atoms with van der Waals surface area (Å²) in [4.78, 5) is 0. The molecule has 0 atom stereocenters. The lowest BCUT2D eigenvalue weighted by Crippen LogP contribution is -2.20. The lowest BCUT2D eigenvalue weighted by atomic mass is 10.2. The summed E-state index contributed by atoms with van der Waals surface area (Å²) in [5.74, 6) is 1.01. The van der Waals surface area contributed by atoms with Gasteiger partial charge in [0.2, 0.25) is 0 Å². The van der Waals surface area contributed by atoms with E-state index in [1.54, 1.807) is 7.11 Å². The van der Waals surface area contributed by atoms with E-state index in [0.717, 1.165) is 17.9 Å². The minimum absolute atomic E-state index is 0.0618. The Morgan fingerprint density at radius 3 is 2.62 bits per heavy atom. The summed E-state index contributed by atoms with van der Waals surface area (Å²) in [6, 6.07) is 7.65. The number of rotatable bonds is 11. The van der Waals surface area contributed by atoms with E-state index in [-0.39, 0.29) is 18.1 Å². The maximum atomic E-state index is 11.6. The molecule has 1 N–H and O–H groups in total. The zero-order valence-electron chi connectivity index (χ0n) is 12.8. The third-order valence-electron chi connectivity index (χ3n) is 2.94. The second-order valence-corrected chi connectivity index (χ2v) is 7.08. The molecule has 0 heterocycles. The molecule has 0 aliphatic carbocycles. The van der Waals surface area contributed by atoms with Crippen LogP contribution in [0.5, 0.6) is 5.75 Å². The van der Waals surface area contributed by atoms with Crippen molar-refractivity contribution in [2.45, 2.75) is 19.9 Å². The second-order valence-electron chi connectivity index (χ2n) is 4.78. The first-order valence-electron chi connectivity index (χ1n) is 7.20. The first kappa shape index (κ1) is 17.9. The highest BCUT2D eigenvalue weighted by Gasteiger charge is 2.10. The van der Waals surface area contributed by atoms with Crippen molar-refractivity contribution in [2.24, 2.45) is 0 Å². The monoisotopic (exact) mass is 315 g/mol. The fourth-order valence-corrected chi connectivity index (χ4v) is 3.04. The molecule has 0 saturated heterocycles. The normalized spacial score (nSPS) is 11.5. The molecule has 0 radical (unpaired) electrons. The first-order valence-corrected chi connectivity index (χ1v) is 9.02. The van der Waals surface area contributed by atoms with Crippen molar-refractivity contribution >= 4 is 9.84 Å². The zero-order chi connectivity index (χ0) is 15.6. The topological polar surface area (TPSA) is 64.6 Å². The molecular weight excluding hydrogens is 290 g/mol. The second kappa shape index (κ2) is 9.76. The fraction of sp³-hybridized carbons (Fsp3) is 0.600. The molecule has 21 heavy (non-hydrogen) atoms. The highest BCUT2D eigenvalue weighted by atomic mass is 32.2. The van der Waals surface area contributed by atoms with Crippen LogP contribution >= 0.6 is 0 Å². The molecule has 0 spiro atoms. The molecule has 0 bridgehead atoms. The van der Waals surface area contributed by atoms with Crippen LogP contribution in [-0.4, -0.2) is 46.8 Å². The van der Waals surface area contributed by atoms with Crippen molar-refractivity contribution in [3.05, 3.63) is 29.8 Å². The third-order valence-corrected chi connectivity index (χ3v) is 4.76. The Morgan fingerprint density at radius 2 is 1.90 bits per heavy atom. The van der Waals surface area contributed by atoms with E-state index >= 15 is 0 Å². The quantitative estimate of drug-likeness (QED) is 0.629. The minimum Gasteiger partial charge on any atom is -0.492 e. The lowest BCUT2D eigenvalue weighted by molar-refractivity contribution is 0.199. The van der Waals surface area contributed by atoms with Gasteiger partial charge >= 0.3 is 0 Å². The van der Waals surface area contributed by atoms with Crippen LogP contribution in [0.15, 0.2) is 24.3 Å². The van der Waals surface area contributed by atoms with Crippen molar-refractivity contribution in [2.75, 3.05) is 38.4 Å². The molecule has 0 aliphatic rings. The number of para-hydroxylation sites is 1. The molecule has 1 aromatic carbocycles. The summed E-state index contributed by atoms with van der Waals surface area (Å²) in [6.07, 6.45) is 0.641. The number of methoxy groups -OCH3 is 1. The van der Waals surface area contributed by atoms with Gasteiger partial charge in [0.15, 0.2) is 9.84 Å². The molecule has 120 valence electrons. The van der Waals surface area contributed by atoms with E-state index in [1.165, 1.54) is 0 Å². The van der Waals surface area contributed by atoms with E-state index in [2.05, 4.69) is 5.32 Å². The van der Waals surface area contributed by atoms with Crippen LogP contribution in [0.2, 0.25) is 0 Å². The maximum absolute atomic E-state index is 11.6. The van der Waals surface area contributed by atoms with Crippen LogP contribution in [0, 0.1) is 0 Å². The molecule has 0 amide bonds. The van der Waals surface area contributed by atoms with Crippen molar-refractivity contribution in [3.63, 3.8) is 0 Å². The van der Waals surface area contributed by atoms with Crippen molar-refractivity contribution in [1.29, 1.82) is 0 Å². The number of benzene rings is 1. The standard InChI is InChI=1S/C15H25NO4S/c1-3-11-21(17,18)12-10-20-15-7-5-4-6-14(15)13-16-8-9-19-2/h4-7,16H,3,8-13H2,1-2H3. The molecule has 0 aliphatic heterocycles. The average Bonchev–Trinajstić information content (AvgIpc) is 2.45. The Balaban J connectivity index is 2.47. The summed E-state index contributed by atoms with van der Waals surface area (Å²) in [5.41, 5.74) is 1.02. The summed E-state index contributed by atoms with van der Waals surface area (Å²) in [5, 5.41) is 3.25. The largest absolute Gasteiger partial charge is 0.492 e. The molecular formula is C15H25NO4S. The Hall–Kier alpha value is -1.11. The summed E-state index contributed by atoms with van der Waals surface area (Å²) >= 11 is 0. The van der Waals surface area contributed by atoms with Crippen LogP contribution in [0.4, 0.5) is 0 Å². The van der Waals surface area contributed by atoms with Gasteiger partial charge in [0.05, 0.1) is 18.1 Å². The predicted molar refractivity (Wildman–Crippen MR) is 84.5 cm³/mol. The van der Waals surface area contributed by atoms with E-state index in [9.17, 15) is 8.42 Å². The van der Waals surface area contributed by atoms with Gasteiger partial charge in [0.1, 0.15) is 12.4 Å². The van der Waals surface area contributed by atoms with Crippen LogP contribution in [0.3, 0.4) is 0 Å². The van der Waals surface area contributed by atoms with Gasteiger partial charge in [0.25, 0.3) is 0 Å². The van der Waals surface area contributed by atoms with Gasteiger partial charge in [0, 0.05) is 25.8 Å². The van der Waals surface area contributed by atoms with Gasteiger partial charge < -0.3 is 14.8 Å². The van der Waals surface area contributed by atoms with E-state index in [4.69, 9.17) is 9.47 Å². The van der Waals surface area contributed by atoms with Crippen molar-refractivity contribution in [1.82, 2.24) is 5.32 Å². The highest BCUT2D eigenvalue weighted by Crippen LogP contribution is 2.17. The smallest absolute Gasteiger partial charge is 0.153 e. The van der Waals surface area contributed by atoms with Crippen molar-refractivity contribution < 1.29 is 17.9 Å². The lowest BCUT2D eigenvalue weighted by Gasteiger charge is -2.12. The predicted octanol–water partition coefficient (Wildman–Crippen LogP) is 1.63. The molecule has 0 saturated carbocycles. The van der Waals surface area contributed by atoms with E-state index in [1.807, 2.05) is 31.2 Å². The first-order chi connectivity index (χ1) is 10.1. The van der Waals surface area contributed by atoms with Gasteiger partial charge in [-0.3, -0.25) is 0 Å². The Bertz CT molecular complexity index is 502. The van der Waals surface area contributed by atoms with Crippen LogP contribution < -0.4 is 10.1 Å². The Kier molecular flexibility index (Phi) is 8.34. The van der Waals surface area contributed by atoms with Crippen LogP contribution in [-0.2, 0) is 21.1 Å². The van der Waals surface area contributed by atoms with Gasteiger partial charge in [-0.2, -0.15) is 0 Å². The molecule has 1 rings (SSSR count). The minimum atomic E-state index is -3.00. The number of hydrogen-bond donors (Lipinski definition) is 1. The highest BCUT2D eigenvalue weighted by molar-refractivity contribution is 7.91. The van der Waals surface area contributed by atoms with Gasteiger partial charge in [-0.25, -0.2) is 8.42 Å². The molecule has 0 fully saturated rings. The molecule has 5 nitrogen and oxygen atoms in total. The van der Waals surface area contributed by atoms with Gasteiger partial charge in [-0.1, -0.05) is 25.1 Å². The summed E-state index contributed by atoms with van der Waals surface area (Å²) < 4.78 is 33.9. The molecule has 1 aromatic rings. The number of sulfone groups is 1. The fourth-order valence-electron chi connectivity index (χ4n) is 1.88. The van der Waals surface area contributed by atoms with Gasteiger partial charge in [-0.05, 0) is 12.5 Å². The maximum Gasteiger partial charge on any atom is 0.153 e. The average molecular weight is 315 g/mol. The number of ether oxygens (including phenoxy) is 2. The summed E-state index contributed by atoms with van der Waals surface area (Å²) in [7, 11) is -1.33. The van der Waals surface area contributed by atoms with Crippen LogP contribution in [0.25, 0.3) is 0 Å². The SMILES string of the molecule is CCCS(=O)(=O)CCOc1ccccc1CNCCOC. The van der Waals surface area contributed by atoms with Crippen LogP contribution in [0.1, 0.15) is 18.9 Å². The molecule has 6 heteroatoms. The molecule has 0 aromatic heterocycles. The summed E-state index contributed by atoms with van der Waals surface area (Å²) in [6.45, 7) is 4.13. The number of nitrogens with one attached hydrogen (secondary N) is 1. The Labute approximate surface area is 127 Å². The third kappa shape index (κ3) is 7.45. The Morgan fingerprint density at radius 1 is 1.14 bits per heavy atom. The molecule has 0 unspecified atom stereocenters. The number of hydrogen-bond acceptors (Lipinski definition) is 5. The van der Waals surface area contributed by atoms with E-state index < -0.39 is 9.84 Å². The van der Waals surface area contributed by atoms with E-state index in [0.29, 0.717) is 19.6 Å². The zero-order valence-corrected chi connectivity index (χ0v) is 13.6. The van der Waals surface area contributed by atoms with Gasteiger partial charge in [-0.15, -0.1) is 0 Å². The van der Waals surface area contributed by atoms with Crippen molar-refractivity contribution in [3.8, 4) is 5.75 Å².